The van der Waals surface area contributed by atoms with Crippen LogP contribution < -0.4 is 5.73 Å². The van der Waals surface area contributed by atoms with Crippen LogP contribution >= 0.6 is 27.5 Å². The Bertz CT molecular complexity index is 321. The van der Waals surface area contributed by atoms with E-state index in [1.54, 1.807) is 6.07 Å². The molecule has 0 bridgehead atoms. The summed E-state index contributed by atoms with van der Waals surface area (Å²) in [7, 11) is 0. The smallest absolute Gasteiger partial charge is 0.139 e. The third kappa shape index (κ3) is 2.33. The zero-order chi connectivity index (χ0) is 10.0. The lowest BCUT2D eigenvalue weighted by Gasteiger charge is -2.11. The lowest BCUT2D eigenvalue weighted by atomic mass is 10.1. The van der Waals surface area contributed by atoms with Crippen LogP contribution in [0.3, 0.4) is 0 Å². The normalized spacial score (nSPS) is 12.9. The van der Waals surface area contributed by atoms with Gasteiger partial charge in [-0.25, -0.2) is 4.39 Å². The van der Waals surface area contributed by atoms with E-state index in [0.29, 0.717) is 10.0 Å². The van der Waals surface area contributed by atoms with Crippen LogP contribution in [0.25, 0.3) is 0 Å². The van der Waals surface area contributed by atoms with Gasteiger partial charge in [0.05, 0.1) is 11.1 Å². The topological polar surface area (TPSA) is 46.2 Å². The molecule has 72 valence electrons. The van der Waals surface area contributed by atoms with Gasteiger partial charge in [-0.3, -0.25) is 0 Å². The maximum Gasteiger partial charge on any atom is 0.139 e. The number of nitrogens with two attached hydrogens (primary N) is 1. The molecule has 13 heavy (non-hydrogen) atoms. The number of aromatic hydroxyl groups is 1. The second-order valence-electron chi connectivity index (χ2n) is 2.59. The SMILES string of the molecule is N[C@@H](CF)c1cc(Br)cc(Cl)c1O. The highest BCUT2D eigenvalue weighted by Gasteiger charge is 2.14. The van der Waals surface area contributed by atoms with Crippen LogP contribution in [0.15, 0.2) is 16.6 Å². The van der Waals surface area contributed by atoms with Crippen LogP contribution in [0.1, 0.15) is 11.6 Å². The number of hydrogen-bond donors (Lipinski definition) is 2. The molecule has 3 N–H and O–H groups in total. The average Bonchev–Trinajstić information content (AvgIpc) is 2.10. The Hall–Kier alpha value is -0.320. The molecule has 0 aromatic heterocycles. The molecule has 2 nitrogen and oxygen atoms in total. The molecule has 0 heterocycles. The van der Waals surface area contributed by atoms with Gasteiger partial charge in [-0.05, 0) is 12.1 Å². The number of phenols is 1. The van der Waals surface area contributed by atoms with Gasteiger partial charge in [0.1, 0.15) is 12.4 Å². The fraction of sp³-hybridized carbons (Fsp3) is 0.250. The van der Waals surface area contributed by atoms with Crippen molar-refractivity contribution in [3.8, 4) is 5.75 Å². The van der Waals surface area contributed by atoms with Crippen LogP contribution in [0.2, 0.25) is 5.02 Å². The third-order valence-corrected chi connectivity index (χ3v) is 2.37. The van der Waals surface area contributed by atoms with Crippen molar-refractivity contribution >= 4 is 27.5 Å². The zero-order valence-electron chi connectivity index (χ0n) is 6.60. The Morgan fingerprint density at radius 1 is 1.62 bits per heavy atom. The molecule has 0 unspecified atom stereocenters. The lowest BCUT2D eigenvalue weighted by Crippen LogP contribution is -2.12. The highest BCUT2D eigenvalue weighted by molar-refractivity contribution is 9.10. The van der Waals surface area contributed by atoms with Crippen LogP contribution in [-0.4, -0.2) is 11.8 Å². The second kappa shape index (κ2) is 4.26. The first-order valence-electron chi connectivity index (χ1n) is 3.55. The molecular formula is C8H8BrClFNO. The summed E-state index contributed by atoms with van der Waals surface area (Å²) in [5.74, 6) is -0.157. The second-order valence-corrected chi connectivity index (χ2v) is 3.91. The van der Waals surface area contributed by atoms with Gasteiger partial charge in [0.15, 0.2) is 0 Å². The number of benzene rings is 1. The van der Waals surface area contributed by atoms with Crippen LogP contribution in [0, 0.1) is 0 Å². The predicted octanol–water partition coefficient (Wildman–Crippen LogP) is 2.78. The van der Waals surface area contributed by atoms with Gasteiger partial charge >= 0.3 is 0 Å². The van der Waals surface area contributed by atoms with E-state index in [2.05, 4.69) is 15.9 Å². The monoisotopic (exact) mass is 267 g/mol. The summed E-state index contributed by atoms with van der Waals surface area (Å²) in [4.78, 5) is 0. The minimum Gasteiger partial charge on any atom is -0.506 e. The zero-order valence-corrected chi connectivity index (χ0v) is 8.94. The molecule has 0 saturated carbocycles. The maximum absolute atomic E-state index is 12.2. The van der Waals surface area contributed by atoms with E-state index in [0.717, 1.165) is 0 Å². The van der Waals surface area contributed by atoms with E-state index in [4.69, 9.17) is 17.3 Å². The number of alkyl halides is 1. The van der Waals surface area contributed by atoms with Crippen molar-refractivity contribution in [1.29, 1.82) is 0 Å². The Labute approximate surface area is 88.6 Å². The van der Waals surface area contributed by atoms with Gasteiger partial charge in [-0.2, -0.15) is 0 Å². The van der Waals surface area contributed by atoms with Crippen LogP contribution in [0.4, 0.5) is 4.39 Å². The summed E-state index contributed by atoms with van der Waals surface area (Å²) >= 11 is 8.83. The van der Waals surface area contributed by atoms with Gasteiger partial charge in [0, 0.05) is 10.0 Å². The molecule has 0 amide bonds. The number of rotatable bonds is 2. The lowest BCUT2D eigenvalue weighted by molar-refractivity contribution is 0.414. The minimum atomic E-state index is -0.838. The van der Waals surface area contributed by atoms with Gasteiger partial charge in [0.25, 0.3) is 0 Å². The Morgan fingerprint density at radius 3 is 2.77 bits per heavy atom. The Balaban J connectivity index is 3.20. The van der Waals surface area contributed by atoms with Gasteiger partial charge in [-0.1, -0.05) is 27.5 Å². The van der Waals surface area contributed by atoms with Crippen molar-refractivity contribution in [3.05, 3.63) is 27.2 Å². The van der Waals surface area contributed by atoms with E-state index >= 15 is 0 Å². The fourth-order valence-electron chi connectivity index (χ4n) is 0.952. The molecule has 0 aliphatic carbocycles. The summed E-state index contributed by atoms with van der Waals surface area (Å²) < 4.78 is 12.9. The summed E-state index contributed by atoms with van der Waals surface area (Å²) in [5.41, 5.74) is 5.73. The summed E-state index contributed by atoms with van der Waals surface area (Å²) in [5, 5.41) is 9.58. The van der Waals surface area contributed by atoms with Gasteiger partial charge < -0.3 is 10.8 Å². The van der Waals surface area contributed by atoms with Crippen LogP contribution in [0.5, 0.6) is 5.75 Å². The molecular weight excluding hydrogens is 260 g/mol. The van der Waals surface area contributed by atoms with E-state index in [1.165, 1.54) is 6.07 Å². The molecule has 0 aliphatic heterocycles. The van der Waals surface area contributed by atoms with E-state index in [9.17, 15) is 9.50 Å². The largest absolute Gasteiger partial charge is 0.506 e. The molecule has 0 saturated heterocycles. The summed E-state index contributed by atoms with van der Waals surface area (Å²) in [6.45, 7) is -0.736. The molecule has 1 aromatic rings. The molecule has 1 atom stereocenters. The van der Waals surface area contributed by atoms with Crippen molar-refractivity contribution in [2.24, 2.45) is 5.73 Å². The van der Waals surface area contributed by atoms with E-state index in [1.807, 2.05) is 0 Å². The number of hydrogen-bond acceptors (Lipinski definition) is 2. The molecule has 0 radical (unpaired) electrons. The fourth-order valence-corrected chi connectivity index (χ4v) is 1.79. The van der Waals surface area contributed by atoms with Crippen molar-refractivity contribution in [3.63, 3.8) is 0 Å². The quantitative estimate of drug-likeness (QED) is 0.866. The van der Waals surface area contributed by atoms with E-state index < -0.39 is 12.7 Å². The van der Waals surface area contributed by atoms with Crippen molar-refractivity contribution < 1.29 is 9.50 Å². The van der Waals surface area contributed by atoms with Crippen molar-refractivity contribution in [1.82, 2.24) is 0 Å². The summed E-state index contributed by atoms with van der Waals surface area (Å²) in [6, 6.07) is 2.23. The maximum atomic E-state index is 12.2. The molecule has 1 rings (SSSR count). The third-order valence-electron chi connectivity index (χ3n) is 1.62. The van der Waals surface area contributed by atoms with Crippen molar-refractivity contribution in [2.45, 2.75) is 6.04 Å². The molecule has 0 spiro atoms. The van der Waals surface area contributed by atoms with Gasteiger partial charge in [0.2, 0.25) is 0 Å². The minimum absolute atomic E-state index is 0.157. The Kier molecular flexibility index (Phi) is 3.53. The molecule has 0 aliphatic rings. The predicted molar refractivity (Wildman–Crippen MR) is 53.7 cm³/mol. The summed E-state index contributed by atoms with van der Waals surface area (Å²) in [6.07, 6.45) is 0. The van der Waals surface area contributed by atoms with E-state index in [-0.39, 0.29) is 10.8 Å². The highest BCUT2D eigenvalue weighted by Crippen LogP contribution is 2.34. The van der Waals surface area contributed by atoms with Crippen LogP contribution in [-0.2, 0) is 0 Å². The van der Waals surface area contributed by atoms with Crippen molar-refractivity contribution in [2.75, 3.05) is 6.67 Å². The highest BCUT2D eigenvalue weighted by atomic mass is 79.9. The number of phenolic OH excluding ortho intramolecular Hbond substituents is 1. The Morgan fingerprint density at radius 2 is 2.23 bits per heavy atom. The first-order chi connectivity index (χ1) is 6.06. The number of halogens is 3. The first kappa shape index (κ1) is 10.8. The van der Waals surface area contributed by atoms with Gasteiger partial charge in [-0.15, -0.1) is 0 Å². The first-order valence-corrected chi connectivity index (χ1v) is 4.72. The molecule has 5 heteroatoms. The standard InChI is InChI=1S/C8H8BrClFNO/c9-4-1-5(7(12)3-11)8(13)6(10)2-4/h1-2,7,13H,3,12H2/t7-/m0/s1. The average molecular weight is 269 g/mol. The molecule has 0 fully saturated rings. The molecule has 1 aromatic carbocycles.